The van der Waals surface area contributed by atoms with E-state index >= 15 is 0 Å². The minimum absolute atomic E-state index is 0.137. The van der Waals surface area contributed by atoms with Crippen molar-refractivity contribution in [3.63, 3.8) is 0 Å². The fourth-order valence-corrected chi connectivity index (χ4v) is 5.78. The molecule has 0 aliphatic heterocycles. The van der Waals surface area contributed by atoms with Crippen LogP contribution in [0.1, 0.15) is 148 Å². The SMILES string of the molecule is C=C(C(C)(C)CC(C)(C)C(C)(C)CCCC(C)(CC)CC)C(C)(CC)CC(C)(C)C. The van der Waals surface area contributed by atoms with Gasteiger partial charge in [-0.05, 0) is 64.6 Å². The highest BCUT2D eigenvalue weighted by Gasteiger charge is 2.45. The molecule has 0 aliphatic rings. The summed E-state index contributed by atoms with van der Waals surface area (Å²) in [4.78, 5) is 0. The number of allylic oxidation sites excluding steroid dienone is 1. The molecule has 1 unspecified atom stereocenters. The Morgan fingerprint density at radius 2 is 1.07 bits per heavy atom. The summed E-state index contributed by atoms with van der Waals surface area (Å²) >= 11 is 0. The molecule has 30 heavy (non-hydrogen) atoms. The summed E-state index contributed by atoms with van der Waals surface area (Å²) in [5, 5.41) is 0. The molecule has 0 bridgehead atoms. The highest BCUT2D eigenvalue weighted by Crippen LogP contribution is 2.55. The summed E-state index contributed by atoms with van der Waals surface area (Å²) in [5.74, 6) is 0. The Labute approximate surface area is 193 Å². The van der Waals surface area contributed by atoms with Crippen molar-refractivity contribution < 1.29 is 0 Å². The maximum atomic E-state index is 4.74. The van der Waals surface area contributed by atoms with Gasteiger partial charge in [-0.1, -0.05) is 128 Å². The summed E-state index contributed by atoms with van der Waals surface area (Å²) < 4.78 is 0. The first-order chi connectivity index (χ1) is 13.2. The third-order valence-corrected chi connectivity index (χ3v) is 9.25. The van der Waals surface area contributed by atoms with E-state index in [-0.39, 0.29) is 16.2 Å². The zero-order valence-corrected chi connectivity index (χ0v) is 23.9. The Hall–Kier alpha value is -0.260. The average molecular weight is 421 g/mol. The quantitative estimate of drug-likeness (QED) is 0.260. The lowest BCUT2D eigenvalue weighted by Gasteiger charge is -2.50. The molecule has 0 aromatic heterocycles. The van der Waals surface area contributed by atoms with E-state index in [9.17, 15) is 0 Å². The Morgan fingerprint density at radius 3 is 1.43 bits per heavy atom. The van der Waals surface area contributed by atoms with E-state index in [1.54, 1.807) is 0 Å². The standard InChI is InChI=1S/C30H60/c1-16-29(14,17-2)21-19-20-27(10,11)28(12,13)23-26(8,9)24(4)30(15,18-3)22-25(5,6)7/h4,16-23H2,1-3,5-15H3. The Balaban J connectivity index is 5.43. The normalized spacial score (nSPS) is 16.5. The topological polar surface area (TPSA) is 0 Å². The van der Waals surface area contributed by atoms with Crippen LogP contribution in [0.4, 0.5) is 0 Å². The summed E-state index contributed by atoms with van der Waals surface area (Å²) in [6, 6.07) is 0. The predicted octanol–water partition coefficient (Wildman–Crippen LogP) is 10.9. The summed E-state index contributed by atoms with van der Waals surface area (Å²) in [7, 11) is 0. The molecule has 0 aromatic rings. The molecule has 0 rings (SSSR count). The van der Waals surface area contributed by atoms with Crippen molar-refractivity contribution in [2.24, 2.45) is 32.5 Å². The van der Waals surface area contributed by atoms with E-state index in [0.717, 1.165) is 0 Å². The molecule has 180 valence electrons. The second-order valence-corrected chi connectivity index (χ2v) is 14.3. The van der Waals surface area contributed by atoms with Gasteiger partial charge in [-0.15, -0.1) is 0 Å². The second-order valence-electron chi connectivity index (χ2n) is 14.3. The van der Waals surface area contributed by atoms with E-state index in [1.165, 1.54) is 56.9 Å². The highest BCUT2D eigenvalue weighted by atomic mass is 14.5. The van der Waals surface area contributed by atoms with Gasteiger partial charge in [0.25, 0.3) is 0 Å². The molecule has 0 heteroatoms. The highest BCUT2D eigenvalue weighted by molar-refractivity contribution is 5.19. The Bertz CT molecular complexity index is 533. The van der Waals surface area contributed by atoms with Crippen LogP contribution < -0.4 is 0 Å². The van der Waals surface area contributed by atoms with E-state index in [0.29, 0.717) is 16.2 Å². The fourth-order valence-electron chi connectivity index (χ4n) is 5.78. The number of hydrogen-bond acceptors (Lipinski definition) is 0. The van der Waals surface area contributed by atoms with Gasteiger partial charge in [-0.2, -0.15) is 0 Å². The predicted molar refractivity (Wildman–Crippen MR) is 140 cm³/mol. The van der Waals surface area contributed by atoms with Crippen molar-refractivity contribution in [3.05, 3.63) is 12.2 Å². The molecule has 0 radical (unpaired) electrons. The molecule has 0 spiro atoms. The summed E-state index contributed by atoms with van der Waals surface area (Å²) in [6.07, 6.45) is 10.2. The minimum atomic E-state index is 0.137. The first-order valence-corrected chi connectivity index (χ1v) is 12.9. The molecular formula is C30H60. The lowest BCUT2D eigenvalue weighted by Crippen LogP contribution is -2.40. The second kappa shape index (κ2) is 10.1. The third-order valence-electron chi connectivity index (χ3n) is 9.25. The van der Waals surface area contributed by atoms with Gasteiger partial charge in [-0.25, -0.2) is 0 Å². The van der Waals surface area contributed by atoms with Gasteiger partial charge < -0.3 is 0 Å². The molecule has 0 aliphatic carbocycles. The number of hydrogen-bond donors (Lipinski definition) is 0. The zero-order valence-electron chi connectivity index (χ0n) is 23.9. The van der Waals surface area contributed by atoms with Crippen LogP contribution >= 0.6 is 0 Å². The van der Waals surface area contributed by atoms with Crippen LogP contribution in [-0.2, 0) is 0 Å². The Kier molecular flexibility index (Phi) is 10.0. The van der Waals surface area contributed by atoms with Crippen LogP contribution in [0.3, 0.4) is 0 Å². The van der Waals surface area contributed by atoms with Crippen LogP contribution in [-0.4, -0.2) is 0 Å². The lowest BCUT2D eigenvalue weighted by atomic mass is 9.55. The monoisotopic (exact) mass is 420 g/mol. The first kappa shape index (κ1) is 29.7. The molecule has 0 nitrogen and oxygen atoms in total. The van der Waals surface area contributed by atoms with Gasteiger partial charge in [0.2, 0.25) is 0 Å². The molecule has 1 atom stereocenters. The van der Waals surface area contributed by atoms with Crippen LogP contribution in [0.15, 0.2) is 12.2 Å². The van der Waals surface area contributed by atoms with E-state index in [1.807, 2.05) is 0 Å². The van der Waals surface area contributed by atoms with Gasteiger partial charge in [0, 0.05) is 0 Å². The largest absolute Gasteiger partial charge is 0.0988 e. The molecule has 0 aromatic carbocycles. The van der Waals surface area contributed by atoms with E-state index in [4.69, 9.17) is 6.58 Å². The smallest absolute Gasteiger partial charge is 0.0111 e. The maximum absolute atomic E-state index is 4.74. The molecule has 0 fully saturated rings. The zero-order chi connectivity index (χ0) is 24.2. The summed E-state index contributed by atoms with van der Waals surface area (Å²) in [5.41, 5.74) is 3.22. The number of rotatable bonds is 13. The lowest BCUT2D eigenvalue weighted by molar-refractivity contribution is 0.0411. The van der Waals surface area contributed by atoms with Crippen molar-refractivity contribution in [2.45, 2.75) is 148 Å². The van der Waals surface area contributed by atoms with Crippen LogP contribution in [0, 0.1) is 32.5 Å². The van der Waals surface area contributed by atoms with Crippen molar-refractivity contribution in [2.75, 3.05) is 0 Å². The molecule has 0 N–H and O–H groups in total. The van der Waals surface area contributed by atoms with Crippen LogP contribution in [0.5, 0.6) is 0 Å². The molecule has 0 amide bonds. The minimum Gasteiger partial charge on any atom is -0.0988 e. The Morgan fingerprint density at radius 1 is 0.600 bits per heavy atom. The maximum Gasteiger partial charge on any atom is -0.0111 e. The van der Waals surface area contributed by atoms with Gasteiger partial charge >= 0.3 is 0 Å². The summed E-state index contributed by atoms with van der Waals surface area (Å²) in [6.45, 7) is 38.8. The molecule has 0 heterocycles. The third kappa shape index (κ3) is 8.02. The molecule has 0 saturated carbocycles. The van der Waals surface area contributed by atoms with Crippen molar-refractivity contribution in [1.29, 1.82) is 0 Å². The van der Waals surface area contributed by atoms with Gasteiger partial charge in [-0.3, -0.25) is 0 Å². The van der Waals surface area contributed by atoms with Crippen molar-refractivity contribution >= 4 is 0 Å². The van der Waals surface area contributed by atoms with Gasteiger partial charge in [0.15, 0.2) is 0 Å². The molecule has 0 saturated heterocycles. The van der Waals surface area contributed by atoms with E-state index < -0.39 is 0 Å². The average Bonchev–Trinajstić information content (AvgIpc) is 2.58. The van der Waals surface area contributed by atoms with Crippen molar-refractivity contribution in [1.82, 2.24) is 0 Å². The molecular weight excluding hydrogens is 360 g/mol. The van der Waals surface area contributed by atoms with Gasteiger partial charge in [0.05, 0.1) is 0 Å². The van der Waals surface area contributed by atoms with Gasteiger partial charge in [0.1, 0.15) is 0 Å². The fraction of sp³-hybridized carbons (Fsp3) is 0.933. The van der Waals surface area contributed by atoms with Crippen molar-refractivity contribution in [3.8, 4) is 0 Å². The van der Waals surface area contributed by atoms with Crippen LogP contribution in [0.25, 0.3) is 0 Å². The van der Waals surface area contributed by atoms with E-state index in [2.05, 4.69) is 96.9 Å². The first-order valence-electron chi connectivity index (χ1n) is 12.9. The van der Waals surface area contributed by atoms with Crippen LogP contribution in [0.2, 0.25) is 0 Å².